The van der Waals surface area contributed by atoms with E-state index in [1.54, 1.807) is 37.3 Å². The first-order valence-electron chi connectivity index (χ1n) is 12.3. The van der Waals surface area contributed by atoms with Crippen LogP contribution in [-0.4, -0.2) is 44.3 Å². The van der Waals surface area contributed by atoms with Crippen LogP contribution in [0.15, 0.2) is 77.7 Å². The van der Waals surface area contributed by atoms with Gasteiger partial charge in [0.2, 0.25) is 11.8 Å². The molecule has 0 aromatic heterocycles. The smallest absolute Gasteiger partial charge is 0.264 e. The Morgan fingerprint density at radius 2 is 1.54 bits per heavy atom. The number of aryl methyl sites for hydroxylation is 2. The third-order valence-electron chi connectivity index (χ3n) is 6.45. The Hall–Kier alpha value is -3.65. The zero-order valence-electron chi connectivity index (χ0n) is 22.1. The average Bonchev–Trinajstić information content (AvgIpc) is 2.88. The van der Waals surface area contributed by atoms with E-state index in [4.69, 9.17) is 0 Å². The molecule has 8 heteroatoms. The quantitative estimate of drug-likeness (QED) is 0.430. The predicted molar refractivity (Wildman–Crippen MR) is 147 cm³/mol. The van der Waals surface area contributed by atoms with Crippen molar-refractivity contribution < 1.29 is 18.0 Å². The molecule has 0 heterocycles. The molecule has 0 radical (unpaired) electrons. The molecule has 0 aliphatic carbocycles. The molecule has 196 valence electrons. The van der Waals surface area contributed by atoms with Crippen LogP contribution in [0.3, 0.4) is 0 Å². The van der Waals surface area contributed by atoms with E-state index in [1.807, 2.05) is 58.0 Å². The van der Waals surface area contributed by atoms with Crippen molar-refractivity contribution in [1.82, 2.24) is 10.2 Å². The van der Waals surface area contributed by atoms with Crippen molar-refractivity contribution in [2.24, 2.45) is 0 Å². The minimum atomic E-state index is -4.07. The Morgan fingerprint density at radius 1 is 0.892 bits per heavy atom. The average molecular weight is 522 g/mol. The molecular weight excluding hydrogens is 486 g/mol. The Balaban J connectivity index is 2.06. The zero-order chi connectivity index (χ0) is 27.2. The molecule has 0 spiro atoms. The van der Waals surface area contributed by atoms with Gasteiger partial charge in [-0.15, -0.1) is 0 Å². The van der Waals surface area contributed by atoms with Crippen molar-refractivity contribution >= 4 is 27.5 Å². The van der Waals surface area contributed by atoms with Crippen LogP contribution in [0.4, 0.5) is 5.69 Å². The molecule has 37 heavy (non-hydrogen) atoms. The van der Waals surface area contributed by atoms with Crippen molar-refractivity contribution in [3.8, 4) is 0 Å². The number of rotatable bonds is 10. The highest BCUT2D eigenvalue weighted by molar-refractivity contribution is 7.92. The Morgan fingerprint density at radius 3 is 2.16 bits per heavy atom. The van der Waals surface area contributed by atoms with Gasteiger partial charge in [-0.2, -0.15) is 0 Å². The van der Waals surface area contributed by atoms with Gasteiger partial charge < -0.3 is 10.2 Å². The van der Waals surface area contributed by atoms with Crippen molar-refractivity contribution in [3.05, 3.63) is 95.1 Å². The number of likely N-dealkylation sites (N-methyl/N-ethyl adjacent to an activating group) is 1. The van der Waals surface area contributed by atoms with E-state index >= 15 is 0 Å². The van der Waals surface area contributed by atoms with E-state index in [0.29, 0.717) is 12.2 Å². The molecule has 0 fully saturated rings. The van der Waals surface area contributed by atoms with E-state index in [1.165, 1.54) is 17.0 Å². The second-order valence-corrected chi connectivity index (χ2v) is 11.0. The van der Waals surface area contributed by atoms with Crippen LogP contribution < -0.4 is 9.62 Å². The first kappa shape index (κ1) is 27.9. The molecular formula is C29H35N3O4S. The van der Waals surface area contributed by atoms with Gasteiger partial charge in [0.1, 0.15) is 12.6 Å². The summed E-state index contributed by atoms with van der Waals surface area (Å²) in [5, 5.41) is 2.77. The van der Waals surface area contributed by atoms with Gasteiger partial charge in [0.25, 0.3) is 10.0 Å². The Bertz CT molecular complexity index is 1340. The number of hydrogen-bond donors (Lipinski definition) is 1. The van der Waals surface area contributed by atoms with Crippen LogP contribution in [0, 0.1) is 20.8 Å². The van der Waals surface area contributed by atoms with Crippen molar-refractivity contribution in [2.45, 2.75) is 52.1 Å². The number of amides is 2. The van der Waals surface area contributed by atoms with Gasteiger partial charge in [0.05, 0.1) is 10.6 Å². The monoisotopic (exact) mass is 521 g/mol. The second-order valence-electron chi connectivity index (χ2n) is 9.12. The lowest BCUT2D eigenvalue weighted by Crippen LogP contribution is -2.51. The topological polar surface area (TPSA) is 86.8 Å². The number of carbonyl (C=O) groups is 2. The maximum absolute atomic E-state index is 13.9. The Kier molecular flexibility index (Phi) is 9.10. The lowest BCUT2D eigenvalue weighted by Gasteiger charge is -2.32. The maximum Gasteiger partial charge on any atom is 0.264 e. The van der Waals surface area contributed by atoms with Crippen LogP contribution >= 0.6 is 0 Å². The molecule has 1 atom stereocenters. The zero-order valence-corrected chi connectivity index (χ0v) is 22.9. The summed E-state index contributed by atoms with van der Waals surface area (Å²) in [4.78, 5) is 28.2. The van der Waals surface area contributed by atoms with Crippen LogP contribution in [0.1, 0.15) is 36.1 Å². The largest absolute Gasteiger partial charge is 0.355 e. The first-order chi connectivity index (χ1) is 17.6. The fraction of sp³-hybridized carbons (Fsp3) is 0.310. The molecule has 3 rings (SSSR count). The highest BCUT2D eigenvalue weighted by Crippen LogP contribution is 2.29. The van der Waals surface area contributed by atoms with Crippen molar-refractivity contribution in [3.63, 3.8) is 0 Å². The minimum Gasteiger partial charge on any atom is -0.355 e. The summed E-state index contributed by atoms with van der Waals surface area (Å²) in [5.41, 5.74) is 4.02. The molecule has 2 amide bonds. The van der Waals surface area contributed by atoms with Gasteiger partial charge in [-0.1, -0.05) is 60.2 Å². The number of hydrogen-bond acceptors (Lipinski definition) is 4. The fourth-order valence-electron chi connectivity index (χ4n) is 4.03. The fourth-order valence-corrected chi connectivity index (χ4v) is 5.53. The van der Waals surface area contributed by atoms with Crippen LogP contribution in [0.2, 0.25) is 0 Å². The summed E-state index contributed by atoms with van der Waals surface area (Å²) in [7, 11) is -4.07. The SMILES string of the molecule is CCNC(=O)C(C)N(Cc1ccc(C)cc1)C(=O)CN(c1cccc(C)c1C)S(=O)(=O)c1ccccc1. The molecule has 0 saturated heterocycles. The molecule has 0 aliphatic heterocycles. The van der Waals surface area contributed by atoms with E-state index in [0.717, 1.165) is 26.6 Å². The van der Waals surface area contributed by atoms with Crippen LogP contribution in [-0.2, 0) is 26.2 Å². The second kappa shape index (κ2) is 12.1. The number of nitrogens with zero attached hydrogens (tertiary/aromatic N) is 2. The number of benzene rings is 3. The number of nitrogens with one attached hydrogen (secondary N) is 1. The maximum atomic E-state index is 13.9. The third-order valence-corrected chi connectivity index (χ3v) is 8.22. The molecule has 3 aromatic rings. The molecule has 3 aromatic carbocycles. The lowest BCUT2D eigenvalue weighted by atomic mass is 10.1. The first-order valence-corrected chi connectivity index (χ1v) is 13.8. The van der Waals surface area contributed by atoms with Crippen LogP contribution in [0.5, 0.6) is 0 Å². The highest BCUT2D eigenvalue weighted by atomic mass is 32.2. The molecule has 0 aliphatic rings. The minimum absolute atomic E-state index is 0.0885. The van der Waals surface area contributed by atoms with Gasteiger partial charge in [-0.3, -0.25) is 13.9 Å². The molecule has 0 bridgehead atoms. The normalized spacial score (nSPS) is 12.0. The third kappa shape index (κ3) is 6.57. The summed E-state index contributed by atoms with van der Waals surface area (Å²) < 4.78 is 28.8. The van der Waals surface area contributed by atoms with Crippen molar-refractivity contribution in [2.75, 3.05) is 17.4 Å². The number of anilines is 1. The van der Waals surface area contributed by atoms with Crippen LogP contribution in [0.25, 0.3) is 0 Å². The van der Waals surface area contributed by atoms with E-state index < -0.39 is 28.5 Å². The van der Waals surface area contributed by atoms with Gasteiger partial charge >= 0.3 is 0 Å². The predicted octanol–water partition coefficient (Wildman–Crippen LogP) is 4.36. The standard InChI is InChI=1S/C29H35N3O4S/c1-6-30-29(34)24(5)31(19-25-17-15-21(2)16-18-25)28(33)20-32(27-14-10-11-22(3)23(27)4)37(35,36)26-12-8-7-9-13-26/h7-18,24H,6,19-20H2,1-5H3,(H,30,34). The van der Waals surface area contributed by atoms with E-state index in [2.05, 4.69) is 5.32 Å². The summed E-state index contributed by atoms with van der Waals surface area (Å²) >= 11 is 0. The summed E-state index contributed by atoms with van der Waals surface area (Å²) in [5.74, 6) is -0.771. The highest BCUT2D eigenvalue weighted by Gasteiger charge is 2.33. The summed E-state index contributed by atoms with van der Waals surface area (Å²) in [6.45, 7) is 9.32. The summed E-state index contributed by atoms with van der Waals surface area (Å²) in [6, 6.07) is 20.3. The van der Waals surface area contributed by atoms with E-state index in [-0.39, 0.29) is 17.3 Å². The molecule has 7 nitrogen and oxygen atoms in total. The van der Waals surface area contributed by atoms with Crippen molar-refractivity contribution in [1.29, 1.82) is 0 Å². The van der Waals surface area contributed by atoms with Gasteiger partial charge in [-0.25, -0.2) is 8.42 Å². The van der Waals surface area contributed by atoms with Gasteiger partial charge in [0.15, 0.2) is 0 Å². The number of sulfonamides is 1. The lowest BCUT2D eigenvalue weighted by molar-refractivity contribution is -0.139. The van der Waals surface area contributed by atoms with Gasteiger partial charge in [-0.05, 0) is 69.5 Å². The molecule has 1 unspecified atom stereocenters. The molecule has 1 N–H and O–H groups in total. The number of carbonyl (C=O) groups excluding carboxylic acids is 2. The summed E-state index contributed by atoms with van der Waals surface area (Å²) in [6.07, 6.45) is 0. The molecule has 0 saturated carbocycles. The Labute approximate surface area is 220 Å². The van der Waals surface area contributed by atoms with E-state index in [9.17, 15) is 18.0 Å². The van der Waals surface area contributed by atoms with Gasteiger partial charge in [0, 0.05) is 13.1 Å².